The van der Waals surface area contributed by atoms with Crippen molar-refractivity contribution in [2.45, 2.75) is 69.0 Å². The normalized spacial score (nSPS) is 20.9. The minimum absolute atomic E-state index is 0.0187. The van der Waals surface area contributed by atoms with Gasteiger partial charge in [-0.05, 0) is 62.2 Å². The van der Waals surface area contributed by atoms with E-state index in [4.69, 9.17) is 16.3 Å². The Bertz CT molecular complexity index is 1330. The van der Waals surface area contributed by atoms with E-state index in [1.807, 2.05) is 6.92 Å². The molecule has 0 radical (unpaired) electrons. The third-order valence-electron chi connectivity index (χ3n) is 7.82. The van der Waals surface area contributed by atoms with E-state index in [0.29, 0.717) is 10.7 Å². The summed E-state index contributed by atoms with van der Waals surface area (Å²) in [6, 6.07) is 10.1. The summed E-state index contributed by atoms with van der Waals surface area (Å²) in [5.41, 5.74) is 0.652. The number of likely N-dealkylation sites (N-methyl/N-ethyl adjacent to an activating group) is 1. The largest absolute Gasteiger partial charge is 0.488 e. The fourth-order valence-corrected chi connectivity index (χ4v) is 6.56. The number of sulfonamides is 1. The number of amides is 3. The molecule has 224 valence electrons. The van der Waals surface area contributed by atoms with Gasteiger partial charge in [0, 0.05) is 36.3 Å². The number of carbonyl (C=O) groups excluding carboxylic acids is 2. The minimum Gasteiger partial charge on any atom is -0.488 e. The number of hydrogen-bond acceptors (Lipinski definition) is 6. The van der Waals surface area contributed by atoms with Crippen LogP contribution in [-0.4, -0.2) is 79.6 Å². The Balaban J connectivity index is 1.59. The lowest BCUT2D eigenvalue weighted by Gasteiger charge is -2.38. The van der Waals surface area contributed by atoms with Crippen molar-refractivity contribution >= 4 is 39.2 Å². The van der Waals surface area contributed by atoms with Crippen molar-refractivity contribution in [1.29, 1.82) is 0 Å². The van der Waals surface area contributed by atoms with Gasteiger partial charge in [0.15, 0.2) is 0 Å². The molecular formula is C29H39ClN4O6S. The van der Waals surface area contributed by atoms with Gasteiger partial charge in [-0.2, -0.15) is 4.31 Å². The number of nitrogens with one attached hydrogen (secondary N) is 2. The van der Waals surface area contributed by atoms with Gasteiger partial charge >= 0.3 is 6.03 Å². The second-order valence-corrected chi connectivity index (χ2v) is 13.5. The van der Waals surface area contributed by atoms with Crippen LogP contribution < -0.4 is 15.4 Å². The number of aliphatic hydroxyl groups excluding tert-OH is 1. The number of fused-ring (bicyclic) bond motifs is 1. The molecule has 0 unspecified atom stereocenters. The number of benzene rings is 2. The van der Waals surface area contributed by atoms with Gasteiger partial charge in [0.05, 0.1) is 29.7 Å². The molecule has 0 bridgehead atoms. The standard InChI is InChI=1S/C29H39ClN4O6S/c1-19-16-34(20(2)18-35)28(36)25-15-23(32-29(37)31-22-7-5-4-6-8-22)11-14-26(25)40-27(19)17-33(3)41(38,39)24-12-9-21(30)10-13-24/h9-15,19-20,22,27,35H,4-8,16-18H2,1-3H3,(H2,31,32,37)/t19-,20+,27+/m1/s1. The van der Waals surface area contributed by atoms with Crippen LogP contribution in [0.25, 0.3) is 0 Å². The summed E-state index contributed by atoms with van der Waals surface area (Å²) in [7, 11) is -2.35. The van der Waals surface area contributed by atoms with Crippen molar-refractivity contribution in [3.8, 4) is 5.75 Å². The summed E-state index contributed by atoms with van der Waals surface area (Å²) in [5.74, 6) is -0.342. The van der Waals surface area contributed by atoms with Crippen LogP contribution in [0, 0.1) is 5.92 Å². The predicted octanol–water partition coefficient (Wildman–Crippen LogP) is 4.34. The Morgan fingerprint density at radius 2 is 1.85 bits per heavy atom. The third-order valence-corrected chi connectivity index (χ3v) is 9.91. The van der Waals surface area contributed by atoms with Crippen LogP contribution in [-0.2, 0) is 10.0 Å². The molecule has 2 aliphatic rings. The summed E-state index contributed by atoms with van der Waals surface area (Å²) in [6.07, 6.45) is 4.63. The fourth-order valence-electron chi connectivity index (χ4n) is 5.26. The number of ether oxygens (including phenoxy) is 1. The lowest BCUT2D eigenvalue weighted by atomic mass is 9.96. The number of urea groups is 1. The summed E-state index contributed by atoms with van der Waals surface area (Å²) < 4.78 is 34.1. The molecule has 2 aromatic carbocycles. The molecular weight excluding hydrogens is 568 g/mol. The van der Waals surface area contributed by atoms with Crippen molar-refractivity contribution in [3.63, 3.8) is 0 Å². The Labute approximate surface area is 247 Å². The minimum atomic E-state index is -3.84. The predicted molar refractivity (Wildman–Crippen MR) is 158 cm³/mol. The number of nitrogens with zero attached hydrogens (tertiary/aromatic N) is 2. The average Bonchev–Trinajstić information content (AvgIpc) is 2.95. The Hall–Kier alpha value is -2.86. The molecule has 0 saturated heterocycles. The summed E-state index contributed by atoms with van der Waals surface area (Å²) in [4.78, 5) is 28.0. The topological polar surface area (TPSA) is 128 Å². The third kappa shape index (κ3) is 7.51. The second-order valence-electron chi connectivity index (χ2n) is 11.0. The lowest BCUT2D eigenvalue weighted by Crippen LogP contribution is -2.50. The zero-order valence-electron chi connectivity index (χ0n) is 23.7. The number of rotatable bonds is 8. The molecule has 1 saturated carbocycles. The van der Waals surface area contributed by atoms with E-state index in [0.717, 1.165) is 25.7 Å². The molecule has 41 heavy (non-hydrogen) atoms. The molecule has 1 heterocycles. The lowest BCUT2D eigenvalue weighted by molar-refractivity contribution is 0.0387. The summed E-state index contributed by atoms with van der Waals surface area (Å²) in [5, 5.41) is 16.2. The van der Waals surface area contributed by atoms with Crippen LogP contribution in [0.15, 0.2) is 47.4 Å². The number of halogens is 1. The van der Waals surface area contributed by atoms with Crippen molar-refractivity contribution in [3.05, 3.63) is 53.1 Å². The van der Waals surface area contributed by atoms with Crippen molar-refractivity contribution in [2.75, 3.05) is 32.1 Å². The molecule has 4 rings (SSSR count). The van der Waals surface area contributed by atoms with Crippen molar-refractivity contribution < 1.29 is 27.9 Å². The molecule has 10 nitrogen and oxygen atoms in total. The molecule has 2 aromatic rings. The van der Waals surface area contributed by atoms with Gasteiger partial charge in [0.1, 0.15) is 11.9 Å². The monoisotopic (exact) mass is 606 g/mol. The number of hydrogen-bond donors (Lipinski definition) is 3. The Morgan fingerprint density at radius 1 is 1.17 bits per heavy atom. The molecule has 1 fully saturated rings. The zero-order chi connectivity index (χ0) is 29.7. The van der Waals surface area contributed by atoms with Crippen LogP contribution in [0.1, 0.15) is 56.3 Å². The fraction of sp³-hybridized carbons (Fsp3) is 0.517. The highest BCUT2D eigenvalue weighted by molar-refractivity contribution is 7.89. The van der Waals surface area contributed by atoms with E-state index >= 15 is 0 Å². The first-order valence-electron chi connectivity index (χ1n) is 14.0. The molecule has 12 heteroatoms. The van der Waals surface area contributed by atoms with Gasteiger partial charge in [-0.3, -0.25) is 4.79 Å². The maximum absolute atomic E-state index is 13.7. The van der Waals surface area contributed by atoms with Crippen molar-refractivity contribution in [2.24, 2.45) is 5.92 Å². The van der Waals surface area contributed by atoms with E-state index in [1.54, 1.807) is 30.0 Å². The summed E-state index contributed by atoms with van der Waals surface area (Å²) >= 11 is 5.94. The molecule has 0 aromatic heterocycles. The number of carbonyl (C=O) groups is 2. The van der Waals surface area contributed by atoms with Crippen LogP contribution in [0.4, 0.5) is 10.5 Å². The quantitative estimate of drug-likeness (QED) is 0.410. The van der Waals surface area contributed by atoms with Crippen LogP contribution >= 0.6 is 11.6 Å². The smallest absolute Gasteiger partial charge is 0.319 e. The Kier molecular flexibility index (Phi) is 10.2. The molecule has 1 aliphatic carbocycles. The molecule has 3 amide bonds. The molecule has 1 aliphatic heterocycles. The van der Waals surface area contributed by atoms with Crippen LogP contribution in [0.5, 0.6) is 5.75 Å². The van der Waals surface area contributed by atoms with E-state index in [-0.39, 0.29) is 59.8 Å². The first kappa shape index (κ1) is 31.1. The van der Waals surface area contributed by atoms with Gasteiger partial charge in [-0.1, -0.05) is 37.8 Å². The maximum Gasteiger partial charge on any atom is 0.319 e. The van der Waals surface area contributed by atoms with Gasteiger partial charge in [0.2, 0.25) is 10.0 Å². The average molecular weight is 607 g/mol. The number of aliphatic hydroxyl groups is 1. The second kappa shape index (κ2) is 13.4. The highest BCUT2D eigenvalue weighted by Gasteiger charge is 2.35. The van der Waals surface area contributed by atoms with Crippen LogP contribution in [0.2, 0.25) is 5.02 Å². The first-order valence-corrected chi connectivity index (χ1v) is 15.8. The SMILES string of the molecule is C[C@@H]1CN([C@@H](C)CO)C(=O)c2cc(NC(=O)NC3CCCCC3)ccc2O[C@H]1CN(C)S(=O)(=O)c1ccc(Cl)cc1. The van der Waals surface area contributed by atoms with Gasteiger partial charge in [-0.15, -0.1) is 0 Å². The Morgan fingerprint density at radius 3 is 2.51 bits per heavy atom. The van der Waals surface area contributed by atoms with Gasteiger partial charge < -0.3 is 25.4 Å². The highest BCUT2D eigenvalue weighted by atomic mass is 35.5. The van der Waals surface area contributed by atoms with Crippen molar-refractivity contribution in [1.82, 2.24) is 14.5 Å². The molecule has 3 atom stereocenters. The molecule has 0 spiro atoms. The van der Waals surface area contributed by atoms with Gasteiger partial charge in [-0.25, -0.2) is 13.2 Å². The first-order chi connectivity index (χ1) is 19.5. The van der Waals surface area contributed by atoms with E-state index in [2.05, 4.69) is 10.6 Å². The number of anilines is 1. The van der Waals surface area contributed by atoms with E-state index in [9.17, 15) is 23.1 Å². The van der Waals surface area contributed by atoms with Crippen LogP contribution in [0.3, 0.4) is 0 Å². The zero-order valence-corrected chi connectivity index (χ0v) is 25.2. The van der Waals surface area contributed by atoms with E-state index in [1.165, 1.54) is 42.0 Å². The highest BCUT2D eigenvalue weighted by Crippen LogP contribution is 2.31. The van der Waals surface area contributed by atoms with E-state index < -0.39 is 22.2 Å². The summed E-state index contributed by atoms with van der Waals surface area (Å²) in [6.45, 7) is 3.64. The van der Waals surface area contributed by atoms with Gasteiger partial charge in [0.25, 0.3) is 5.91 Å². The molecule has 3 N–H and O–H groups in total. The maximum atomic E-state index is 13.7.